The van der Waals surface area contributed by atoms with E-state index in [0.29, 0.717) is 0 Å². The molecule has 0 aliphatic heterocycles. The van der Waals surface area contributed by atoms with E-state index in [1.165, 1.54) is 5.56 Å². The third-order valence-electron chi connectivity index (χ3n) is 1.72. The molecule has 0 aliphatic rings. The Kier molecular flexibility index (Phi) is 4.76. The Hall–Kier alpha value is -0.630. The molecule has 1 nitrogen and oxygen atoms in total. The Morgan fingerprint density at radius 3 is 2.54 bits per heavy atom. The summed E-state index contributed by atoms with van der Waals surface area (Å²) in [5, 5.41) is 0. The first kappa shape index (κ1) is 10.5. The lowest BCUT2D eigenvalue weighted by molar-refractivity contribution is 0.344. The van der Waals surface area contributed by atoms with Crippen LogP contribution >= 0.6 is 11.8 Å². The van der Waals surface area contributed by atoms with Gasteiger partial charge in [0.05, 0.1) is 6.61 Å². The highest BCUT2D eigenvalue weighted by Gasteiger charge is 1.92. The molecular formula is C11H16OS. The van der Waals surface area contributed by atoms with Crippen LogP contribution in [0, 0.1) is 6.92 Å². The van der Waals surface area contributed by atoms with Crippen molar-refractivity contribution in [2.45, 2.75) is 13.8 Å². The van der Waals surface area contributed by atoms with Crippen LogP contribution in [-0.4, -0.2) is 18.1 Å². The van der Waals surface area contributed by atoms with Gasteiger partial charge in [-0.1, -0.05) is 24.6 Å². The predicted molar refractivity (Wildman–Crippen MR) is 59.7 cm³/mol. The lowest BCUT2D eigenvalue weighted by atomic mass is 10.2. The summed E-state index contributed by atoms with van der Waals surface area (Å²) in [6.07, 6.45) is 0. The third-order valence-corrected chi connectivity index (χ3v) is 2.59. The summed E-state index contributed by atoms with van der Waals surface area (Å²) in [6.45, 7) is 5.05. The minimum absolute atomic E-state index is 0.807. The van der Waals surface area contributed by atoms with Crippen LogP contribution in [0.4, 0.5) is 0 Å². The third kappa shape index (κ3) is 4.23. The van der Waals surface area contributed by atoms with Crippen molar-refractivity contribution in [3.05, 3.63) is 29.8 Å². The standard InChI is InChI=1S/C11H16OS/c1-3-13-9-8-12-11-6-4-10(2)5-7-11/h4-7H,3,8-9H2,1-2H3. The second-order valence-electron chi connectivity index (χ2n) is 2.86. The van der Waals surface area contributed by atoms with Crippen LogP contribution in [0.15, 0.2) is 24.3 Å². The molecule has 1 aromatic carbocycles. The van der Waals surface area contributed by atoms with Gasteiger partial charge in [0, 0.05) is 5.75 Å². The number of hydrogen-bond donors (Lipinski definition) is 0. The number of ether oxygens (including phenoxy) is 1. The number of rotatable bonds is 5. The van der Waals surface area contributed by atoms with Crippen molar-refractivity contribution in [2.75, 3.05) is 18.1 Å². The zero-order valence-electron chi connectivity index (χ0n) is 8.25. The van der Waals surface area contributed by atoms with Gasteiger partial charge in [0.15, 0.2) is 0 Å². The Balaban J connectivity index is 2.25. The molecule has 0 fully saturated rings. The number of hydrogen-bond acceptors (Lipinski definition) is 2. The van der Waals surface area contributed by atoms with Crippen molar-refractivity contribution >= 4 is 11.8 Å². The molecule has 0 saturated heterocycles. The van der Waals surface area contributed by atoms with Gasteiger partial charge >= 0.3 is 0 Å². The topological polar surface area (TPSA) is 9.23 Å². The molecule has 2 heteroatoms. The van der Waals surface area contributed by atoms with Gasteiger partial charge in [-0.05, 0) is 24.8 Å². The van der Waals surface area contributed by atoms with Crippen LogP contribution in [0.3, 0.4) is 0 Å². The molecule has 72 valence electrons. The molecule has 0 unspecified atom stereocenters. The molecule has 0 spiro atoms. The molecule has 0 amide bonds. The fourth-order valence-corrected chi connectivity index (χ4v) is 1.49. The number of benzene rings is 1. The van der Waals surface area contributed by atoms with Crippen LogP contribution in [0.5, 0.6) is 5.75 Å². The van der Waals surface area contributed by atoms with Crippen molar-refractivity contribution in [2.24, 2.45) is 0 Å². The largest absolute Gasteiger partial charge is 0.493 e. The second kappa shape index (κ2) is 5.92. The van der Waals surface area contributed by atoms with Crippen LogP contribution in [0.2, 0.25) is 0 Å². The van der Waals surface area contributed by atoms with Crippen LogP contribution in [0.25, 0.3) is 0 Å². The lowest BCUT2D eigenvalue weighted by Crippen LogP contribution is -1.99. The SMILES string of the molecule is CCSCCOc1ccc(C)cc1. The monoisotopic (exact) mass is 196 g/mol. The molecule has 0 aliphatic carbocycles. The van der Waals surface area contributed by atoms with Crippen molar-refractivity contribution in [1.82, 2.24) is 0 Å². The minimum atomic E-state index is 0.807. The van der Waals surface area contributed by atoms with Crippen LogP contribution < -0.4 is 4.74 Å². The first-order valence-electron chi connectivity index (χ1n) is 4.60. The molecule has 13 heavy (non-hydrogen) atoms. The Morgan fingerprint density at radius 2 is 1.92 bits per heavy atom. The summed E-state index contributed by atoms with van der Waals surface area (Å²) in [7, 11) is 0. The summed E-state index contributed by atoms with van der Waals surface area (Å²) >= 11 is 1.91. The smallest absolute Gasteiger partial charge is 0.119 e. The lowest BCUT2D eigenvalue weighted by Gasteiger charge is -2.05. The van der Waals surface area contributed by atoms with E-state index in [1.54, 1.807) is 0 Å². The summed E-state index contributed by atoms with van der Waals surface area (Å²) in [5.74, 6) is 3.21. The predicted octanol–water partition coefficient (Wildman–Crippen LogP) is 3.13. The molecular weight excluding hydrogens is 180 g/mol. The van der Waals surface area contributed by atoms with E-state index in [0.717, 1.165) is 23.9 Å². The highest BCUT2D eigenvalue weighted by atomic mass is 32.2. The zero-order chi connectivity index (χ0) is 9.52. The molecule has 0 heterocycles. The number of thioether (sulfide) groups is 1. The first-order valence-corrected chi connectivity index (χ1v) is 5.75. The molecule has 1 aromatic rings. The van der Waals surface area contributed by atoms with Gasteiger partial charge < -0.3 is 4.74 Å². The van der Waals surface area contributed by atoms with E-state index in [-0.39, 0.29) is 0 Å². The Labute approximate surface area is 84.5 Å². The van der Waals surface area contributed by atoms with Crippen molar-refractivity contribution < 1.29 is 4.74 Å². The summed E-state index contributed by atoms with van der Waals surface area (Å²) in [4.78, 5) is 0. The van der Waals surface area contributed by atoms with Gasteiger partial charge in [-0.15, -0.1) is 0 Å². The fourth-order valence-electron chi connectivity index (χ4n) is 0.997. The van der Waals surface area contributed by atoms with E-state index in [9.17, 15) is 0 Å². The van der Waals surface area contributed by atoms with Crippen molar-refractivity contribution in [3.63, 3.8) is 0 Å². The number of aryl methyl sites for hydroxylation is 1. The average molecular weight is 196 g/mol. The van der Waals surface area contributed by atoms with Gasteiger partial charge in [0.1, 0.15) is 5.75 Å². The summed E-state index contributed by atoms with van der Waals surface area (Å²) in [6, 6.07) is 8.18. The van der Waals surface area contributed by atoms with E-state index in [2.05, 4.69) is 26.0 Å². The molecule has 0 bridgehead atoms. The molecule has 0 aromatic heterocycles. The van der Waals surface area contributed by atoms with Gasteiger partial charge in [-0.3, -0.25) is 0 Å². The highest BCUT2D eigenvalue weighted by Crippen LogP contribution is 2.11. The average Bonchev–Trinajstić information content (AvgIpc) is 2.15. The molecule has 0 atom stereocenters. The highest BCUT2D eigenvalue weighted by molar-refractivity contribution is 7.99. The Bertz CT molecular complexity index is 230. The quantitative estimate of drug-likeness (QED) is 0.669. The summed E-state index contributed by atoms with van der Waals surface area (Å²) in [5.41, 5.74) is 1.27. The maximum Gasteiger partial charge on any atom is 0.119 e. The summed E-state index contributed by atoms with van der Waals surface area (Å²) < 4.78 is 5.54. The molecule has 0 radical (unpaired) electrons. The fraction of sp³-hybridized carbons (Fsp3) is 0.455. The van der Waals surface area contributed by atoms with E-state index >= 15 is 0 Å². The molecule has 0 N–H and O–H groups in total. The van der Waals surface area contributed by atoms with Crippen molar-refractivity contribution in [3.8, 4) is 5.75 Å². The van der Waals surface area contributed by atoms with Gasteiger partial charge in [0.2, 0.25) is 0 Å². The van der Waals surface area contributed by atoms with E-state index in [4.69, 9.17) is 4.74 Å². The van der Waals surface area contributed by atoms with E-state index < -0.39 is 0 Å². The normalized spacial score (nSPS) is 10.0. The van der Waals surface area contributed by atoms with Gasteiger partial charge in [0.25, 0.3) is 0 Å². The van der Waals surface area contributed by atoms with Gasteiger partial charge in [-0.2, -0.15) is 11.8 Å². The first-order chi connectivity index (χ1) is 6.33. The van der Waals surface area contributed by atoms with Crippen LogP contribution in [-0.2, 0) is 0 Å². The molecule has 1 rings (SSSR count). The second-order valence-corrected chi connectivity index (χ2v) is 4.25. The zero-order valence-corrected chi connectivity index (χ0v) is 9.06. The van der Waals surface area contributed by atoms with Gasteiger partial charge in [-0.25, -0.2) is 0 Å². The van der Waals surface area contributed by atoms with E-state index in [1.807, 2.05) is 23.9 Å². The minimum Gasteiger partial charge on any atom is -0.493 e. The maximum absolute atomic E-state index is 5.54. The van der Waals surface area contributed by atoms with Crippen LogP contribution in [0.1, 0.15) is 12.5 Å². The van der Waals surface area contributed by atoms with Crippen molar-refractivity contribution in [1.29, 1.82) is 0 Å². The molecule has 0 saturated carbocycles. The Morgan fingerprint density at radius 1 is 1.23 bits per heavy atom. The maximum atomic E-state index is 5.54.